The van der Waals surface area contributed by atoms with E-state index in [1.165, 1.54) is 136 Å². The number of aromatic hydroxyl groups is 8. The Kier molecular flexibility index (Phi) is 44.1. The molecule has 14 N–H and O–H groups in total. The highest BCUT2D eigenvalue weighted by atomic mass is 33.1. The molecule has 0 bridgehead atoms. The van der Waals surface area contributed by atoms with E-state index in [2.05, 4.69) is 42.4 Å². The van der Waals surface area contributed by atoms with Crippen molar-refractivity contribution in [3.05, 3.63) is 227 Å². The molecule has 2 aromatic heterocycles. The lowest BCUT2D eigenvalue weighted by molar-refractivity contribution is -0.757. The van der Waals surface area contributed by atoms with Crippen LogP contribution in [0.4, 0.5) is 0 Å². The highest BCUT2D eigenvalue weighted by molar-refractivity contribution is 8.77. The van der Waals surface area contributed by atoms with Crippen LogP contribution < -0.4 is 27.0 Å². The van der Waals surface area contributed by atoms with E-state index in [4.69, 9.17) is 61.3 Å². The van der Waals surface area contributed by atoms with Gasteiger partial charge in [-0.2, -0.15) is 0 Å². The second-order valence-corrected chi connectivity index (χ2v) is 33.6. The average Bonchev–Trinajstić information content (AvgIpc) is 1.81. The third-order valence-corrected chi connectivity index (χ3v) is 23.8. The first kappa shape index (κ1) is 101. The molecule has 6 aromatic carbocycles. The van der Waals surface area contributed by atoms with Gasteiger partial charge >= 0.3 is 23.9 Å². The Hall–Kier alpha value is -12.1. The molecule has 0 radical (unpaired) electrons. The third-order valence-electron chi connectivity index (χ3n) is 15.8. The molecule has 4 unspecified atom stereocenters. The molecule has 0 saturated carbocycles. The van der Waals surface area contributed by atoms with Crippen molar-refractivity contribution in [3.63, 3.8) is 0 Å². The highest BCUT2D eigenvalue weighted by Gasteiger charge is 2.29. The predicted octanol–water partition coefficient (Wildman–Crippen LogP) is 11.1. The van der Waals surface area contributed by atoms with Crippen LogP contribution in [0.3, 0.4) is 0 Å². The fourth-order valence-electron chi connectivity index (χ4n) is 9.83. The summed E-state index contributed by atoms with van der Waals surface area (Å²) >= 11 is 15.0. The first-order valence-electron chi connectivity index (χ1n) is 36.0. The number of thiocarbonyl (C=S) groups is 1. The summed E-state index contributed by atoms with van der Waals surface area (Å²) in [6.07, 6.45) is 2.13. The van der Waals surface area contributed by atoms with Gasteiger partial charge in [0.25, 0.3) is 33.0 Å². The maximum absolute atomic E-state index is 12.9. The monoisotopic (exact) mass is 1860 g/mol. The van der Waals surface area contributed by atoms with Gasteiger partial charge in [0, 0.05) is 78.7 Å². The number of carbonyl (C=O) groups is 8. The normalized spacial score (nSPS) is 11.4. The van der Waals surface area contributed by atoms with Gasteiger partial charge in [0.15, 0.2) is 46.0 Å². The lowest BCUT2D eigenvalue weighted by Crippen LogP contribution is -2.43. The van der Waals surface area contributed by atoms with E-state index in [0.29, 0.717) is 59.8 Å². The molecular weight excluding hydrogens is 1780 g/mol. The van der Waals surface area contributed by atoms with Gasteiger partial charge in [-0.15, -0.1) is 30.3 Å². The van der Waals surface area contributed by atoms with Crippen LogP contribution in [-0.2, 0) is 83.1 Å². The van der Waals surface area contributed by atoms with Crippen LogP contribution in [0.2, 0.25) is 0 Å². The standard InChI is InChI=1S/C22H20N2O8S3.C21H24N2O5S.C17H22N2O8S2.C16H16N2O8S3/c25-17-7-2-13(11-18(17)26)10-16(22(28)31-8-1-9-32-24(29)30)23-21(27)15-5-3-14(4-6-15)19-12-20(33)35-34-19;1-2-3-10-28-21(27)16(11-13-4-9-17(24)18(25)12-13)23-20(26)15-7-5-14(6-8-15)19(22)29;1-2-28-29-9-6-16(22)18-13(10-12-4-5-14(20)15(21)11-12)17(23)26-7-3-8-27-19(24)25;19-11-3-2-9(7-12(11)20)6-10(16(22)25-4-1-5-26-18(23)24)17-15(21)13-8-14(27)29-28-13/h2-7,11-12,16,25-26H,1,8-10H2,(H,23,27);4-9,12,16,24-25H,2-3,10-11H2,1H3,(H2,22,29)(H,23,26);2,4-5,11,13,20-21H,1,3,6-10H2,(H,18,22);2-3,7-8,10,19-20H,1,4-6H2,(H,17,21). The summed E-state index contributed by atoms with van der Waals surface area (Å²) in [5.74, 6) is -6.75. The van der Waals surface area contributed by atoms with Crippen molar-refractivity contribution in [1.82, 2.24) is 21.3 Å². The molecule has 0 aliphatic carbocycles. The Labute approximate surface area is 732 Å². The van der Waals surface area contributed by atoms with Crippen molar-refractivity contribution in [2.24, 2.45) is 5.73 Å². The van der Waals surface area contributed by atoms with Gasteiger partial charge < -0.3 is 101 Å². The molecular formula is C76H82N8O29S9. The summed E-state index contributed by atoms with van der Waals surface area (Å²) in [4.78, 5) is 144. The number of phenolic OH excluding ortho intramolecular Hbond substituents is 8. The molecule has 0 fully saturated rings. The zero-order chi connectivity index (χ0) is 89.8. The largest absolute Gasteiger partial charge is 0.504 e. The lowest BCUT2D eigenvalue weighted by atomic mass is 10.0. The van der Waals surface area contributed by atoms with Crippen molar-refractivity contribution >= 4 is 152 Å². The van der Waals surface area contributed by atoms with Crippen molar-refractivity contribution in [2.45, 2.75) is 95.3 Å². The summed E-state index contributed by atoms with van der Waals surface area (Å²) in [6.45, 7) is 4.68. The van der Waals surface area contributed by atoms with Crippen molar-refractivity contribution < 1.29 is 128 Å². The molecule has 0 aliphatic heterocycles. The van der Waals surface area contributed by atoms with E-state index >= 15 is 0 Å². The second-order valence-electron chi connectivity index (χ2n) is 24.9. The number of nitrogens with zero attached hydrogens (tertiary/aromatic N) is 3. The van der Waals surface area contributed by atoms with E-state index < -0.39 is 81.0 Å². The molecule has 654 valence electrons. The molecule has 0 spiro atoms. The van der Waals surface area contributed by atoms with Crippen LogP contribution in [0.15, 0.2) is 145 Å². The molecule has 46 heteroatoms. The second kappa shape index (κ2) is 53.6. The molecule has 8 rings (SSSR count). The number of esters is 4. The fourth-order valence-corrected chi connectivity index (χ4v) is 15.9. The summed E-state index contributed by atoms with van der Waals surface area (Å²) in [7, 11) is 8.28. The van der Waals surface area contributed by atoms with Gasteiger partial charge in [-0.25, -0.2) is 19.2 Å². The Morgan fingerprint density at radius 1 is 0.451 bits per heavy atom. The van der Waals surface area contributed by atoms with Gasteiger partial charge in [-0.05, 0) is 125 Å². The van der Waals surface area contributed by atoms with Crippen LogP contribution in [0.25, 0.3) is 10.4 Å². The quantitative estimate of drug-likeness (QED) is 0.00246. The Morgan fingerprint density at radius 2 is 0.787 bits per heavy atom. The Bertz CT molecular complexity index is 5010. The molecule has 2 heterocycles. The summed E-state index contributed by atoms with van der Waals surface area (Å²) < 4.78 is 21.9. The number of hydrogen-bond acceptors (Lipinski definition) is 38. The van der Waals surface area contributed by atoms with Gasteiger partial charge in [0.2, 0.25) is 5.91 Å². The zero-order valence-electron chi connectivity index (χ0n) is 64.3. The number of unbranched alkanes of at least 4 members (excludes halogenated alkanes) is 1. The number of ether oxygens (including phenoxy) is 4. The third kappa shape index (κ3) is 37.7. The van der Waals surface area contributed by atoms with E-state index in [1.807, 2.05) is 13.0 Å². The number of carbonyl (C=O) groups excluding carboxylic acids is 8. The topological polar surface area (TPSA) is 567 Å². The minimum atomic E-state index is -1.12. The van der Waals surface area contributed by atoms with E-state index in [9.17, 15) is 110 Å². The van der Waals surface area contributed by atoms with Gasteiger partial charge in [-0.1, -0.05) is 168 Å². The number of nitrogens with one attached hydrogen (secondary N) is 4. The minimum absolute atomic E-state index is 0.0145. The minimum Gasteiger partial charge on any atom is -0.504 e. The number of phenols is 8. The van der Waals surface area contributed by atoms with Gasteiger partial charge in [0.05, 0.1) is 46.2 Å². The number of hydrogen-bond donors (Lipinski definition) is 13. The predicted molar refractivity (Wildman–Crippen MR) is 460 cm³/mol. The van der Waals surface area contributed by atoms with Crippen molar-refractivity contribution in [2.75, 3.05) is 52.0 Å². The average molecular weight is 1860 g/mol. The van der Waals surface area contributed by atoms with Crippen LogP contribution in [0.5, 0.6) is 46.0 Å². The number of amides is 4. The van der Waals surface area contributed by atoms with Gasteiger partial charge in [-0.3, -0.25) is 19.2 Å². The maximum Gasteiger partial charge on any atom is 0.328 e. The van der Waals surface area contributed by atoms with E-state index in [0.717, 1.165) is 20.7 Å². The number of nitrogens with two attached hydrogens (primary N) is 1. The molecule has 37 nitrogen and oxygen atoms in total. The summed E-state index contributed by atoms with van der Waals surface area (Å²) in [5, 5.41) is 116. The van der Waals surface area contributed by atoms with Crippen molar-refractivity contribution in [1.29, 1.82) is 0 Å². The lowest BCUT2D eigenvalue weighted by Gasteiger charge is -2.18. The Morgan fingerprint density at radius 3 is 1.11 bits per heavy atom. The number of rotatable bonds is 44. The summed E-state index contributed by atoms with van der Waals surface area (Å²) in [5.41, 5.74) is 9.74. The molecule has 0 saturated heterocycles. The molecule has 0 aliphatic rings. The Balaban J connectivity index is 0.000000290. The molecule has 4 atom stereocenters. The van der Waals surface area contributed by atoms with Crippen LogP contribution in [0.1, 0.15) is 104 Å². The van der Waals surface area contributed by atoms with Crippen LogP contribution >= 0.6 is 99.6 Å². The highest BCUT2D eigenvalue weighted by Crippen LogP contribution is 2.32. The first-order valence-corrected chi connectivity index (χ1v) is 43.9. The molecule has 4 amide bonds. The maximum atomic E-state index is 12.9. The first-order chi connectivity index (χ1) is 58.1. The van der Waals surface area contributed by atoms with Crippen molar-refractivity contribution in [3.8, 4) is 56.4 Å². The zero-order valence-corrected chi connectivity index (χ0v) is 71.6. The SMILES string of the molecule is C=CSSCCC(=O)NC(Cc1ccc(O)c(O)c1)C(=O)OCCCO[N+](=O)[O-].CCCCOC(=O)C(Cc1ccc(O)c(O)c1)NC(=O)c1ccc(C(N)=S)cc1.O=C(NC(Cc1ccc(O)c(O)c1)C(=O)OCCCO[N+](=O)[O-])c1cc(=S)ss1.O=C(NC(Cc1ccc(O)c(O)c1)C(=O)OCCCO[N+](=O)[O-])c1ccc(-c2cc(=S)ss2)cc1. The molecule has 8 aromatic rings. The molecule has 122 heavy (non-hydrogen) atoms. The van der Waals surface area contributed by atoms with E-state index in [-0.39, 0.29) is 155 Å². The number of benzene rings is 6. The fraction of sp³-hybridized carbons (Fsp3) is 0.303. The summed E-state index contributed by atoms with van der Waals surface area (Å²) in [6, 6.07) is 28.7. The smallest absolute Gasteiger partial charge is 0.328 e. The van der Waals surface area contributed by atoms with Crippen LogP contribution in [0, 0.1) is 38.0 Å². The van der Waals surface area contributed by atoms with Gasteiger partial charge in [0.1, 0.15) is 41.7 Å². The van der Waals surface area contributed by atoms with E-state index in [1.54, 1.807) is 60.0 Å². The van der Waals surface area contributed by atoms with Crippen LogP contribution in [-0.4, -0.2) is 185 Å².